The Kier molecular flexibility index (Phi) is 7.58. The molecule has 1 aromatic rings. The number of nitrogens with zero attached hydrogens (tertiary/aromatic N) is 2. The van der Waals surface area contributed by atoms with Crippen molar-refractivity contribution in [2.45, 2.75) is 110 Å². The summed E-state index contributed by atoms with van der Waals surface area (Å²) < 4.78 is 6.15. The first-order chi connectivity index (χ1) is 18.8. The number of hydrogen-bond donors (Lipinski definition) is 1. The van der Waals surface area contributed by atoms with E-state index >= 15 is 0 Å². The van der Waals surface area contributed by atoms with Crippen molar-refractivity contribution in [1.82, 2.24) is 9.88 Å². The van der Waals surface area contributed by atoms with Gasteiger partial charge in [0.15, 0.2) is 0 Å². The highest BCUT2D eigenvalue weighted by Gasteiger charge is 2.59. The number of piperidine rings is 1. The van der Waals surface area contributed by atoms with Gasteiger partial charge in [-0.1, -0.05) is 32.4 Å². The standard InChI is InChI=1S/C34H50N2O3/c1-23(6-11-32(38)36-20-4-5-27(22-36)39-26-14-18-35-19-15-26)29-9-10-30-28-8-7-24-21-25(37)12-16-33(24,2)31(28)13-17-34(29,30)3/h7,14-15,18-19,23,25,27-31,37H,4-6,8-13,16-17,20-22H2,1-3H3/t23?,25-,27?,28-,29+,30-,31-,33-,34+/m0/s1. The van der Waals surface area contributed by atoms with E-state index in [0.717, 1.165) is 74.5 Å². The van der Waals surface area contributed by atoms with Crippen molar-refractivity contribution in [3.63, 3.8) is 0 Å². The van der Waals surface area contributed by atoms with Gasteiger partial charge in [0.05, 0.1) is 12.6 Å². The SMILES string of the molecule is CC(CCC(=O)N1CCCC(Oc2ccncc2)C1)[C@H]1CC[C@H]2[C@@H]3CC=C4C[C@@H](O)CC[C@]4(C)[C@H]3CC[C@]12C. The summed E-state index contributed by atoms with van der Waals surface area (Å²) in [6.07, 6.45) is 19.3. The van der Waals surface area contributed by atoms with E-state index in [1.54, 1.807) is 18.0 Å². The monoisotopic (exact) mass is 534 g/mol. The fraction of sp³-hybridized carbons (Fsp3) is 0.765. The zero-order chi connectivity index (χ0) is 27.2. The second-order valence-corrected chi connectivity index (χ2v) is 14.3. The normalized spacial score (nSPS) is 40.6. The Bertz CT molecular complexity index is 1060. The summed E-state index contributed by atoms with van der Waals surface area (Å²) in [7, 11) is 0. The molecule has 0 aromatic carbocycles. The third kappa shape index (κ3) is 5.06. The summed E-state index contributed by atoms with van der Waals surface area (Å²) in [5, 5.41) is 10.3. The van der Waals surface area contributed by atoms with E-state index in [4.69, 9.17) is 4.74 Å². The van der Waals surface area contributed by atoms with Crippen molar-refractivity contribution >= 4 is 5.91 Å². The molecule has 5 heteroatoms. The molecule has 0 radical (unpaired) electrons. The van der Waals surface area contributed by atoms with Crippen LogP contribution >= 0.6 is 0 Å². The van der Waals surface area contributed by atoms with E-state index in [0.29, 0.717) is 35.6 Å². The van der Waals surface area contributed by atoms with Crippen LogP contribution in [0.5, 0.6) is 5.75 Å². The van der Waals surface area contributed by atoms with Crippen LogP contribution in [0.3, 0.4) is 0 Å². The zero-order valence-corrected chi connectivity index (χ0v) is 24.5. The number of carbonyl (C=O) groups excluding carboxylic acids is 1. The Morgan fingerprint density at radius 3 is 2.77 bits per heavy atom. The molecule has 1 aliphatic heterocycles. The second kappa shape index (κ2) is 10.8. The van der Waals surface area contributed by atoms with Gasteiger partial charge in [-0.2, -0.15) is 0 Å². The highest BCUT2D eigenvalue weighted by Crippen LogP contribution is 2.67. The predicted octanol–water partition coefficient (Wildman–Crippen LogP) is 6.81. The molecule has 5 aliphatic rings. The molecular formula is C34H50N2O3. The largest absolute Gasteiger partial charge is 0.488 e. The van der Waals surface area contributed by atoms with E-state index in [2.05, 4.69) is 36.7 Å². The van der Waals surface area contributed by atoms with Gasteiger partial charge < -0.3 is 14.7 Å². The molecule has 2 heterocycles. The summed E-state index contributed by atoms with van der Waals surface area (Å²) in [6, 6.07) is 3.79. The highest BCUT2D eigenvalue weighted by molar-refractivity contribution is 5.76. The zero-order valence-electron chi connectivity index (χ0n) is 24.5. The molecular weight excluding hydrogens is 484 g/mol. The van der Waals surface area contributed by atoms with Crippen LogP contribution in [0.4, 0.5) is 0 Å². The third-order valence-corrected chi connectivity index (χ3v) is 12.3. The maximum Gasteiger partial charge on any atom is 0.222 e. The number of aliphatic hydroxyl groups excluding tert-OH is 1. The Labute approximate surface area is 235 Å². The first-order valence-electron chi connectivity index (χ1n) is 16.0. The van der Waals surface area contributed by atoms with Crippen LogP contribution in [0, 0.1) is 40.4 Å². The molecule has 214 valence electrons. The third-order valence-electron chi connectivity index (χ3n) is 12.3. The quantitative estimate of drug-likeness (QED) is 0.407. The van der Waals surface area contributed by atoms with E-state index in [1.165, 1.54) is 32.1 Å². The minimum atomic E-state index is -0.126. The summed E-state index contributed by atoms with van der Waals surface area (Å²) in [6.45, 7) is 9.14. The molecule has 39 heavy (non-hydrogen) atoms. The van der Waals surface area contributed by atoms with Crippen LogP contribution in [0.25, 0.3) is 0 Å². The molecule has 1 saturated heterocycles. The van der Waals surface area contributed by atoms with Crippen molar-refractivity contribution in [1.29, 1.82) is 0 Å². The van der Waals surface area contributed by atoms with Crippen molar-refractivity contribution < 1.29 is 14.6 Å². The molecule has 2 unspecified atom stereocenters. The average Bonchev–Trinajstić information content (AvgIpc) is 3.30. The lowest BCUT2D eigenvalue weighted by Crippen LogP contribution is -2.50. The van der Waals surface area contributed by atoms with Gasteiger partial charge in [-0.3, -0.25) is 9.78 Å². The first kappa shape index (κ1) is 27.3. The molecule has 9 atom stereocenters. The van der Waals surface area contributed by atoms with Gasteiger partial charge in [0.2, 0.25) is 5.91 Å². The van der Waals surface area contributed by atoms with Gasteiger partial charge in [-0.15, -0.1) is 0 Å². The molecule has 4 fully saturated rings. The number of hydrogen-bond acceptors (Lipinski definition) is 4. The van der Waals surface area contributed by atoms with Crippen molar-refractivity contribution in [2.75, 3.05) is 13.1 Å². The highest BCUT2D eigenvalue weighted by atomic mass is 16.5. The molecule has 6 rings (SSSR count). The van der Waals surface area contributed by atoms with Crippen LogP contribution in [0.2, 0.25) is 0 Å². The van der Waals surface area contributed by atoms with Crippen LogP contribution in [-0.4, -0.2) is 46.2 Å². The summed E-state index contributed by atoms with van der Waals surface area (Å²) in [5.74, 6) is 4.88. The maximum absolute atomic E-state index is 13.3. The predicted molar refractivity (Wildman–Crippen MR) is 154 cm³/mol. The smallest absolute Gasteiger partial charge is 0.222 e. The number of allylic oxidation sites excluding steroid dienone is 1. The minimum absolute atomic E-state index is 0.0755. The van der Waals surface area contributed by atoms with Crippen LogP contribution < -0.4 is 4.74 Å². The van der Waals surface area contributed by atoms with Gasteiger partial charge in [0, 0.05) is 25.4 Å². The Morgan fingerprint density at radius 1 is 1.13 bits per heavy atom. The molecule has 0 spiro atoms. The maximum atomic E-state index is 13.3. The van der Waals surface area contributed by atoms with E-state index < -0.39 is 0 Å². The Balaban J connectivity index is 1.05. The summed E-state index contributed by atoms with van der Waals surface area (Å²) >= 11 is 0. The van der Waals surface area contributed by atoms with Gasteiger partial charge in [-0.25, -0.2) is 0 Å². The number of amides is 1. The number of carbonyl (C=O) groups is 1. The average molecular weight is 535 g/mol. The first-order valence-corrected chi connectivity index (χ1v) is 16.0. The van der Waals surface area contributed by atoms with E-state index in [9.17, 15) is 9.90 Å². The topological polar surface area (TPSA) is 62.7 Å². The lowest BCUT2D eigenvalue weighted by Gasteiger charge is -2.58. The second-order valence-electron chi connectivity index (χ2n) is 14.3. The molecule has 1 N–H and O–H groups in total. The van der Waals surface area contributed by atoms with Gasteiger partial charge >= 0.3 is 0 Å². The lowest BCUT2D eigenvalue weighted by atomic mass is 9.47. The van der Waals surface area contributed by atoms with Crippen LogP contribution in [0.15, 0.2) is 36.2 Å². The number of aliphatic hydroxyl groups is 1. The minimum Gasteiger partial charge on any atom is -0.488 e. The lowest BCUT2D eigenvalue weighted by molar-refractivity contribution is -0.134. The van der Waals surface area contributed by atoms with Gasteiger partial charge in [0.1, 0.15) is 11.9 Å². The molecule has 0 bridgehead atoms. The van der Waals surface area contributed by atoms with E-state index in [1.807, 2.05) is 12.1 Å². The Morgan fingerprint density at radius 2 is 1.95 bits per heavy atom. The van der Waals surface area contributed by atoms with E-state index in [-0.39, 0.29) is 12.2 Å². The van der Waals surface area contributed by atoms with Crippen molar-refractivity contribution in [3.05, 3.63) is 36.2 Å². The molecule has 5 nitrogen and oxygen atoms in total. The number of fused-ring (bicyclic) bond motifs is 5. The fourth-order valence-corrected chi connectivity index (χ4v) is 10.2. The number of rotatable bonds is 6. The summed E-state index contributed by atoms with van der Waals surface area (Å²) in [5.41, 5.74) is 2.29. The number of ether oxygens (including phenoxy) is 1. The van der Waals surface area contributed by atoms with Gasteiger partial charge in [-0.05, 0) is 123 Å². The molecule has 1 amide bonds. The Hall–Kier alpha value is -1.88. The fourth-order valence-electron chi connectivity index (χ4n) is 10.2. The van der Waals surface area contributed by atoms with Crippen molar-refractivity contribution in [3.8, 4) is 5.75 Å². The van der Waals surface area contributed by atoms with Crippen LogP contribution in [-0.2, 0) is 4.79 Å². The number of aromatic nitrogens is 1. The van der Waals surface area contributed by atoms with Crippen LogP contribution in [0.1, 0.15) is 97.8 Å². The number of likely N-dealkylation sites (tertiary alicyclic amines) is 1. The number of pyridine rings is 1. The molecule has 3 saturated carbocycles. The molecule has 4 aliphatic carbocycles. The summed E-state index contributed by atoms with van der Waals surface area (Å²) in [4.78, 5) is 19.4. The molecule has 1 aromatic heterocycles. The van der Waals surface area contributed by atoms with Gasteiger partial charge in [0.25, 0.3) is 0 Å². The van der Waals surface area contributed by atoms with Crippen molar-refractivity contribution in [2.24, 2.45) is 40.4 Å².